The smallest absolute Gasteiger partial charge is 0.315 e. The summed E-state index contributed by atoms with van der Waals surface area (Å²) in [5, 5.41) is 0. The lowest BCUT2D eigenvalue weighted by molar-refractivity contribution is -0.434. The highest BCUT2D eigenvalue weighted by Gasteiger charge is 2.77. The second-order valence-corrected chi connectivity index (χ2v) is 6.75. The van der Waals surface area contributed by atoms with Gasteiger partial charge < -0.3 is 4.74 Å². The molecule has 0 saturated carbocycles. The van der Waals surface area contributed by atoms with E-state index in [1.54, 1.807) is 0 Å². The van der Waals surface area contributed by atoms with E-state index in [1.165, 1.54) is 0 Å². The van der Waals surface area contributed by atoms with Gasteiger partial charge in [0.15, 0.2) is 0 Å². The Morgan fingerprint density at radius 3 is 1.65 bits per heavy atom. The maximum atomic E-state index is 13.2. The maximum Gasteiger partial charge on any atom is 0.523 e. The van der Waals surface area contributed by atoms with Crippen LogP contribution in [0.25, 0.3) is 0 Å². The van der Waals surface area contributed by atoms with E-state index in [0.717, 1.165) is 19.3 Å². The molecule has 0 atom stereocenters. The van der Waals surface area contributed by atoms with Gasteiger partial charge in [0.25, 0.3) is 0 Å². The van der Waals surface area contributed by atoms with Crippen LogP contribution in [0.2, 0.25) is 0 Å². The summed E-state index contributed by atoms with van der Waals surface area (Å²) in [6.45, 7) is 0.795. The Hall–Kier alpha value is -0.760. The van der Waals surface area contributed by atoms with Crippen LogP contribution >= 0.6 is 0 Å². The van der Waals surface area contributed by atoms with Crippen LogP contribution < -0.4 is 0 Å². The van der Waals surface area contributed by atoms with E-state index in [1.807, 2.05) is 11.1 Å². The fourth-order valence-corrected chi connectivity index (χ4v) is 2.05. The average Bonchev–Trinajstić information content (AvgIpc) is 2.43. The van der Waals surface area contributed by atoms with Gasteiger partial charge >= 0.3 is 33.8 Å². The van der Waals surface area contributed by atoms with Crippen molar-refractivity contribution in [2.75, 3.05) is 6.61 Å². The lowest BCUT2D eigenvalue weighted by Crippen LogP contribution is -2.58. The Bertz CT molecular complexity index is 531. The number of hydrogen-bond acceptors (Lipinski definition) is 4. The Kier molecular flexibility index (Phi) is 8.69. The van der Waals surface area contributed by atoms with Gasteiger partial charge in [0.2, 0.25) is 0 Å². The molecule has 0 rings (SSSR count). The third kappa shape index (κ3) is 6.44. The van der Waals surface area contributed by atoms with Gasteiger partial charge in [0.1, 0.15) is 0 Å². The fourth-order valence-electron chi connectivity index (χ4n) is 1.58. The number of halogens is 9. The van der Waals surface area contributed by atoms with Crippen molar-refractivity contribution in [1.29, 1.82) is 0 Å². The standard InChI is InChI=1S/C12H17F9O4S/c1-2-3-4-5-6-7-8-24-10(15,16)9(13,14)11(17,18)25-26(22,23)12(19,20)21/h2-8H2,1H3. The first-order chi connectivity index (χ1) is 11.5. The molecule has 0 saturated heterocycles. The molecule has 0 bridgehead atoms. The van der Waals surface area contributed by atoms with E-state index in [4.69, 9.17) is 0 Å². The van der Waals surface area contributed by atoms with Crippen molar-refractivity contribution in [2.24, 2.45) is 0 Å². The Morgan fingerprint density at radius 2 is 1.19 bits per heavy atom. The molecule has 0 aliphatic heterocycles. The molecule has 0 aromatic rings. The van der Waals surface area contributed by atoms with E-state index in [9.17, 15) is 47.9 Å². The van der Waals surface area contributed by atoms with Crippen LogP contribution in [0.15, 0.2) is 0 Å². The van der Waals surface area contributed by atoms with E-state index in [0.29, 0.717) is 6.42 Å². The second kappa shape index (κ2) is 8.95. The molecular weight excluding hydrogens is 411 g/mol. The molecule has 0 aromatic heterocycles. The molecular formula is C12H17F9O4S. The monoisotopic (exact) mass is 428 g/mol. The Labute approximate surface area is 143 Å². The van der Waals surface area contributed by atoms with Crippen molar-refractivity contribution < 1.29 is 56.9 Å². The Morgan fingerprint density at radius 1 is 0.731 bits per heavy atom. The first kappa shape index (κ1) is 25.2. The van der Waals surface area contributed by atoms with Gasteiger partial charge in [-0.1, -0.05) is 39.0 Å². The van der Waals surface area contributed by atoms with Crippen molar-refractivity contribution in [3.05, 3.63) is 0 Å². The second-order valence-electron chi connectivity index (χ2n) is 5.21. The van der Waals surface area contributed by atoms with Crippen molar-refractivity contribution in [1.82, 2.24) is 0 Å². The van der Waals surface area contributed by atoms with Gasteiger partial charge in [-0.15, -0.1) is 0 Å². The summed E-state index contributed by atoms with van der Waals surface area (Å²) in [5.41, 5.74) is -6.51. The molecule has 0 unspecified atom stereocenters. The minimum atomic E-state index is -7.26. The molecule has 26 heavy (non-hydrogen) atoms. The number of alkyl halides is 9. The zero-order valence-corrected chi connectivity index (χ0v) is 14.2. The number of ether oxygens (including phenoxy) is 1. The van der Waals surface area contributed by atoms with Crippen LogP contribution in [0.4, 0.5) is 39.5 Å². The van der Waals surface area contributed by atoms with Gasteiger partial charge in [0.05, 0.1) is 6.61 Å². The predicted molar refractivity (Wildman–Crippen MR) is 70.2 cm³/mol. The van der Waals surface area contributed by atoms with E-state index >= 15 is 0 Å². The van der Waals surface area contributed by atoms with Gasteiger partial charge in [0, 0.05) is 0 Å². The van der Waals surface area contributed by atoms with E-state index < -0.39 is 40.4 Å². The van der Waals surface area contributed by atoms with Gasteiger partial charge in [-0.3, -0.25) is 0 Å². The van der Waals surface area contributed by atoms with E-state index in [2.05, 4.69) is 4.74 Å². The topological polar surface area (TPSA) is 52.6 Å². The third-order valence-corrected chi connectivity index (χ3v) is 4.01. The largest absolute Gasteiger partial charge is 0.523 e. The van der Waals surface area contributed by atoms with Crippen molar-refractivity contribution in [3.63, 3.8) is 0 Å². The summed E-state index contributed by atoms with van der Waals surface area (Å²) in [6.07, 6.45) is -9.64. The van der Waals surface area contributed by atoms with E-state index in [-0.39, 0.29) is 12.8 Å². The molecule has 0 radical (unpaired) electrons. The highest BCUT2D eigenvalue weighted by molar-refractivity contribution is 7.87. The maximum absolute atomic E-state index is 13.2. The molecule has 0 N–H and O–H groups in total. The number of hydrogen-bond donors (Lipinski definition) is 0. The SMILES string of the molecule is CCCCCCCCOC(F)(F)C(F)(F)C(F)(F)OS(=O)(=O)C(F)(F)F. The lowest BCUT2D eigenvalue weighted by atomic mass is 10.1. The summed E-state index contributed by atoms with van der Waals surface area (Å²) < 4.78 is 141. The molecule has 0 aromatic carbocycles. The first-order valence-corrected chi connectivity index (χ1v) is 8.72. The molecule has 4 nitrogen and oxygen atoms in total. The highest BCUT2D eigenvalue weighted by Crippen LogP contribution is 2.48. The quantitative estimate of drug-likeness (QED) is 0.189. The van der Waals surface area contributed by atoms with Crippen LogP contribution in [0.5, 0.6) is 0 Å². The minimum Gasteiger partial charge on any atom is -0.315 e. The van der Waals surface area contributed by atoms with Gasteiger partial charge in [-0.2, -0.15) is 52.1 Å². The molecule has 0 aliphatic rings. The normalized spacial score (nSPS) is 14.7. The molecule has 0 heterocycles. The van der Waals surface area contributed by atoms with Crippen molar-refractivity contribution in [3.8, 4) is 0 Å². The third-order valence-electron chi connectivity index (χ3n) is 3.01. The summed E-state index contributed by atoms with van der Waals surface area (Å²) >= 11 is 0. The molecule has 14 heteroatoms. The average molecular weight is 428 g/mol. The summed E-state index contributed by atoms with van der Waals surface area (Å²) in [6, 6.07) is 0. The Balaban J connectivity index is 4.92. The molecule has 0 spiro atoms. The van der Waals surface area contributed by atoms with Crippen LogP contribution in [0.1, 0.15) is 45.4 Å². The highest BCUT2D eigenvalue weighted by atomic mass is 32.2. The van der Waals surface area contributed by atoms with Crippen LogP contribution in [0.3, 0.4) is 0 Å². The predicted octanol–water partition coefficient (Wildman–Crippen LogP) is 5.05. The van der Waals surface area contributed by atoms with Crippen molar-refractivity contribution >= 4 is 10.1 Å². The first-order valence-electron chi connectivity index (χ1n) is 7.31. The van der Waals surface area contributed by atoms with Crippen LogP contribution in [-0.2, 0) is 19.0 Å². The molecule has 0 fully saturated rings. The number of rotatable bonds is 12. The zero-order valence-electron chi connectivity index (χ0n) is 13.4. The summed E-state index contributed by atoms with van der Waals surface area (Å²) in [7, 11) is -7.26. The van der Waals surface area contributed by atoms with Crippen LogP contribution in [-0.4, -0.2) is 38.7 Å². The van der Waals surface area contributed by atoms with Crippen LogP contribution in [0, 0.1) is 0 Å². The number of unbranched alkanes of at least 4 members (excludes halogenated alkanes) is 5. The molecule has 158 valence electrons. The van der Waals surface area contributed by atoms with Gasteiger partial charge in [-0.05, 0) is 6.42 Å². The fraction of sp³-hybridized carbons (Fsp3) is 1.00. The molecule has 0 aliphatic carbocycles. The minimum absolute atomic E-state index is 0.206. The lowest BCUT2D eigenvalue weighted by Gasteiger charge is -2.31. The van der Waals surface area contributed by atoms with Gasteiger partial charge in [-0.25, -0.2) is 0 Å². The molecule has 0 amide bonds. The van der Waals surface area contributed by atoms with Crippen molar-refractivity contribution in [2.45, 2.75) is 69.1 Å². The summed E-state index contributed by atoms with van der Waals surface area (Å²) in [5.74, 6) is -6.68. The summed E-state index contributed by atoms with van der Waals surface area (Å²) in [4.78, 5) is 0. The zero-order chi connectivity index (χ0) is 20.9.